The standard InChI is InChI=1S/C16H33N3/c1-3-11-19-12-4-5-16(8-13-19)18(2)14-15-6-9-17-10-7-15/h15-17H,3-14H2,1-2H3. The molecule has 19 heavy (non-hydrogen) atoms. The molecule has 2 rings (SSSR count). The fourth-order valence-corrected chi connectivity index (χ4v) is 3.74. The molecule has 0 amide bonds. The first-order valence-corrected chi connectivity index (χ1v) is 8.43. The van der Waals surface area contributed by atoms with Crippen LogP contribution in [0.25, 0.3) is 0 Å². The Morgan fingerprint density at radius 3 is 2.63 bits per heavy atom. The van der Waals surface area contributed by atoms with Gasteiger partial charge in [-0.25, -0.2) is 0 Å². The summed E-state index contributed by atoms with van der Waals surface area (Å²) in [4.78, 5) is 5.34. The molecule has 0 aromatic rings. The Balaban J connectivity index is 1.73. The van der Waals surface area contributed by atoms with E-state index in [-0.39, 0.29) is 0 Å². The topological polar surface area (TPSA) is 18.5 Å². The Morgan fingerprint density at radius 1 is 1.11 bits per heavy atom. The van der Waals surface area contributed by atoms with Crippen LogP contribution in [0.15, 0.2) is 0 Å². The number of rotatable bonds is 5. The molecule has 0 spiro atoms. The van der Waals surface area contributed by atoms with Crippen molar-refractivity contribution in [2.24, 2.45) is 5.92 Å². The Hall–Kier alpha value is -0.120. The monoisotopic (exact) mass is 267 g/mol. The van der Waals surface area contributed by atoms with E-state index in [9.17, 15) is 0 Å². The number of likely N-dealkylation sites (tertiary alicyclic amines) is 1. The predicted molar refractivity (Wildman–Crippen MR) is 82.6 cm³/mol. The molecular formula is C16H33N3. The van der Waals surface area contributed by atoms with Crippen molar-refractivity contribution >= 4 is 0 Å². The number of nitrogens with zero attached hydrogens (tertiary/aromatic N) is 2. The lowest BCUT2D eigenvalue weighted by atomic mass is 9.96. The van der Waals surface area contributed by atoms with Crippen molar-refractivity contribution in [1.29, 1.82) is 0 Å². The summed E-state index contributed by atoms with van der Waals surface area (Å²) in [6, 6.07) is 0.830. The molecule has 3 nitrogen and oxygen atoms in total. The van der Waals surface area contributed by atoms with E-state index < -0.39 is 0 Å². The minimum Gasteiger partial charge on any atom is -0.317 e. The van der Waals surface area contributed by atoms with Crippen LogP contribution in [0.3, 0.4) is 0 Å². The average molecular weight is 267 g/mol. The van der Waals surface area contributed by atoms with Crippen LogP contribution >= 0.6 is 0 Å². The second kappa shape index (κ2) is 8.23. The lowest BCUT2D eigenvalue weighted by Gasteiger charge is -2.32. The van der Waals surface area contributed by atoms with Crippen LogP contribution in [0.2, 0.25) is 0 Å². The van der Waals surface area contributed by atoms with Crippen LogP contribution in [0.1, 0.15) is 45.4 Å². The van der Waals surface area contributed by atoms with Gasteiger partial charge in [0.2, 0.25) is 0 Å². The zero-order valence-corrected chi connectivity index (χ0v) is 13.0. The summed E-state index contributed by atoms with van der Waals surface area (Å²) in [6.45, 7) is 10.0. The first-order chi connectivity index (χ1) is 9.29. The van der Waals surface area contributed by atoms with Crippen molar-refractivity contribution in [3.8, 4) is 0 Å². The maximum atomic E-state index is 3.47. The molecule has 2 heterocycles. The number of hydrogen-bond acceptors (Lipinski definition) is 3. The highest BCUT2D eigenvalue weighted by Crippen LogP contribution is 2.20. The van der Waals surface area contributed by atoms with Gasteiger partial charge in [0.05, 0.1) is 0 Å². The van der Waals surface area contributed by atoms with Crippen molar-refractivity contribution < 1.29 is 0 Å². The Labute approximate surface area is 119 Å². The molecule has 0 saturated carbocycles. The third kappa shape index (κ3) is 5.05. The molecule has 0 aromatic carbocycles. The predicted octanol–water partition coefficient (Wildman–Crippen LogP) is 2.18. The lowest BCUT2D eigenvalue weighted by Crippen LogP contribution is -2.39. The summed E-state index contributed by atoms with van der Waals surface area (Å²) in [6.07, 6.45) is 8.22. The SMILES string of the molecule is CCCN1CCCC(N(C)CC2CCNCC2)CC1. The van der Waals surface area contributed by atoms with Crippen LogP contribution in [0.5, 0.6) is 0 Å². The van der Waals surface area contributed by atoms with E-state index in [0.29, 0.717) is 0 Å². The Morgan fingerprint density at radius 2 is 1.89 bits per heavy atom. The van der Waals surface area contributed by atoms with E-state index in [1.54, 1.807) is 0 Å². The van der Waals surface area contributed by atoms with Gasteiger partial charge in [-0.15, -0.1) is 0 Å². The number of piperidine rings is 1. The van der Waals surface area contributed by atoms with E-state index in [4.69, 9.17) is 0 Å². The lowest BCUT2D eigenvalue weighted by molar-refractivity contribution is 0.170. The minimum absolute atomic E-state index is 0.830. The molecule has 1 unspecified atom stereocenters. The number of hydrogen-bond donors (Lipinski definition) is 1. The zero-order valence-electron chi connectivity index (χ0n) is 13.0. The molecular weight excluding hydrogens is 234 g/mol. The van der Waals surface area contributed by atoms with E-state index in [0.717, 1.165) is 12.0 Å². The first kappa shape index (κ1) is 15.3. The maximum Gasteiger partial charge on any atom is 0.0105 e. The molecule has 1 atom stereocenters. The summed E-state index contributed by atoms with van der Waals surface area (Å²) >= 11 is 0. The second-order valence-corrected chi connectivity index (χ2v) is 6.56. The van der Waals surface area contributed by atoms with Gasteiger partial charge in [-0.1, -0.05) is 6.92 Å². The van der Waals surface area contributed by atoms with Gasteiger partial charge in [0, 0.05) is 12.6 Å². The van der Waals surface area contributed by atoms with Gasteiger partial charge in [0.1, 0.15) is 0 Å². The highest BCUT2D eigenvalue weighted by atomic mass is 15.2. The van der Waals surface area contributed by atoms with Gasteiger partial charge >= 0.3 is 0 Å². The summed E-state index contributed by atoms with van der Waals surface area (Å²) in [7, 11) is 2.36. The van der Waals surface area contributed by atoms with Crippen LogP contribution in [0, 0.1) is 5.92 Å². The molecule has 0 radical (unpaired) electrons. The van der Waals surface area contributed by atoms with Gasteiger partial charge in [0.15, 0.2) is 0 Å². The molecule has 3 heteroatoms. The van der Waals surface area contributed by atoms with Crippen molar-refractivity contribution in [3.05, 3.63) is 0 Å². The van der Waals surface area contributed by atoms with Crippen LogP contribution in [-0.2, 0) is 0 Å². The van der Waals surface area contributed by atoms with Gasteiger partial charge in [-0.2, -0.15) is 0 Å². The van der Waals surface area contributed by atoms with E-state index in [2.05, 4.69) is 29.1 Å². The third-order valence-corrected chi connectivity index (χ3v) is 4.96. The smallest absolute Gasteiger partial charge is 0.0105 e. The van der Waals surface area contributed by atoms with Crippen LogP contribution < -0.4 is 5.32 Å². The Kier molecular flexibility index (Phi) is 6.62. The molecule has 2 aliphatic heterocycles. The van der Waals surface area contributed by atoms with E-state index in [1.807, 2.05) is 0 Å². The molecule has 0 aromatic heterocycles. The fourth-order valence-electron chi connectivity index (χ4n) is 3.74. The number of nitrogens with one attached hydrogen (secondary N) is 1. The summed E-state index contributed by atoms with van der Waals surface area (Å²) in [5.74, 6) is 0.932. The van der Waals surface area contributed by atoms with Gasteiger partial charge < -0.3 is 15.1 Å². The van der Waals surface area contributed by atoms with Crippen molar-refractivity contribution in [2.45, 2.75) is 51.5 Å². The maximum absolute atomic E-state index is 3.47. The molecule has 112 valence electrons. The molecule has 2 saturated heterocycles. The van der Waals surface area contributed by atoms with Gasteiger partial charge in [0.25, 0.3) is 0 Å². The second-order valence-electron chi connectivity index (χ2n) is 6.56. The fraction of sp³-hybridized carbons (Fsp3) is 1.00. The third-order valence-electron chi connectivity index (χ3n) is 4.96. The molecule has 0 aliphatic carbocycles. The largest absolute Gasteiger partial charge is 0.317 e. The van der Waals surface area contributed by atoms with Crippen LogP contribution in [-0.4, -0.2) is 62.2 Å². The minimum atomic E-state index is 0.830. The van der Waals surface area contributed by atoms with Crippen LogP contribution in [0.4, 0.5) is 0 Å². The summed E-state index contributed by atoms with van der Waals surface area (Å²) < 4.78 is 0. The van der Waals surface area contributed by atoms with Gasteiger partial charge in [-0.3, -0.25) is 0 Å². The van der Waals surface area contributed by atoms with E-state index in [1.165, 1.54) is 77.8 Å². The molecule has 1 N–H and O–H groups in total. The van der Waals surface area contributed by atoms with Gasteiger partial charge in [-0.05, 0) is 84.2 Å². The molecule has 2 fully saturated rings. The highest BCUT2D eigenvalue weighted by molar-refractivity contribution is 4.79. The molecule has 0 bridgehead atoms. The van der Waals surface area contributed by atoms with Crippen molar-refractivity contribution in [3.63, 3.8) is 0 Å². The van der Waals surface area contributed by atoms with Crippen molar-refractivity contribution in [2.75, 3.05) is 46.3 Å². The first-order valence-electron chi connectivity index (χ1n) is 8.43. The summed E-state index contributed by atoms with van der Waals surface area (Å²) in [5.41, 5.74) is 0. The quantitative estimate of drug-likeness (QED) is 0.824. The normalized spacial score (nSPS) is 27.6. The average Bonchev–Trinajstić information content (AvgIpc) is 2.66. The summed E-state index contributed by atoms with van der Waals surface area (Å²) in [5, 5.41) is 3.47. The van der Waals surface area contributed by atoms with E-state index >= 15 is 0 Å². The molecule has 2 aliphatic rings. The highest BCUT2D eigenvalue weighted by Gasteiger charge is 2.22. The zero-order chi connectivity index (χ0) is 13.5. The Bertz CT molecular complexity index is 238. The van der Waals surface area contributed by atoms with Crippen molar-refractivity contribution in [1.82, 2.24) is 15.1 Å².